The lowest BCUT2D eigenvalue weighted by atomic mass is 10.2. The second-order valence-corrected chi connectivity index (χ2v) is 3.07. The maximum Gasteiger partial charge on any atom is 0.142 e. The van der Waals surface area contributed by atoms with Crippen molar-refractivity contribution < 1.29 is 4.74 Å². The minimum atomic E-state index is 0.922. The third-order valence-corrected chi connectivity index (χ3v) is 1.82. The molecule has 2 heteroatoms. The minimum Gasteiger partial charge on any atom is -0.495 e. The lowest BCUT2D eigenvalue weighted by Crippen LogP contribution is -2.10. The third-order valence-electron chi connectivity index (χ3n) is 1.82. The molecule has 0 aromatic heterocycles. The van der Waals surface area contributed by atoms with Crippen molar-refractivity contribution in [2.45, 2.75) is 20.8 Å². The molecule has 0 atom stereocenters. The molecule has 0 aliphatic heterocycles. The highest BCUT2D eigenvalue weighted by Gasteiger charge is 2.03. The smallest absolute Gasteiger partial charge is 0.142 e. The molecule has 0 amide bonds. The van der Waals surface area contributed by atoms with E-state index in [0.717, 1.165) is 11.4 Å². The number of anilines is 1. The lowest BCUT2D eigenvalue weighted by Gasteiger charge is -2.16. The van der Waals surface area contributed by atoms with Gasteiger partial charge in [-0.2, -0.15) is 0 Å². The summed E-state index contributed by atoms with van der Waals surface area (Å²) in [6, 6.07) is 6.15. The van der Waals surface area contributed by atoms with Crippen LogP contribution in [0.2, 0.25) is 0 Å². The summed E-state index contributed by atoms with van der Waals surface area (Å²) >= 11 is 0. The zero-order valence-electron chi connectivity index (χ0n) is 10.1. The molecule has 80 valence electrons. The number of rotatable bonds is 2. The van der Waals surface area contributed by atoms with Crippen molar-refractivity contribution >= 4 is 5.69 Å². The average Bonchev–Trinajstić information content (AvgIpc) is 2.20. The second kappa shape index (κ2) is 6.30. The van der Waals surface area contributed by atoms with Crippen LogP contribution in [-0.2, 0) is 0 Å². The van der Waals surface area contributed by atoms with Crippen LogP contribution in [0.4, 0.5) is 5.69 Å². The molecule has 1 aromatic carbocycles. The Labute approximate surface area is 87.5 Å². The van der Waals surface area contributed by atoms with E-state index in [9.17, 15) is 0 Å². The van der Waals surface area contributed by atoms with Gasteiger partial charge in [0, 0.05) is 14.1 Å². The Balaban J connectivity index is 0.000000791. The van der Waals surface area contributed by atoms with E-state index in [-0.39, 0.29) is 0 Å². The van der Waals surface area contributed by atoms with E-state index in [0.29, 0.717) is 0 Å². The largest absolute Gasteiger partial charge is 0.495 e. The van der Waals surface area contributed by atoms with Gasteiger partial charge in [0.1, 0.15) is 5.75 Å². The molecule has 0 bridgehead atoms. The van der Waals surface area contributed by atoms with E-state index in [1.165, 1.54) is 5.56 Å². The second-order valence-electron chi connectivity index (χ2n) is 3.07. The molecule has 1 rings (SSSR count). The Kier molecular flexibility index (Phi) is 5.77. The lowest BCUT2D eigenvalue weighted by molar-refractivity contribution is 0.415. The SMILES string of the molecule is CC.COc1ccc(C)cc1N(C)C. The fraction of sp³-hybridized carbons (Fsp3) is 0.500. The zero-order valence-corrected chi connectivity index (χ0v) is 10.1. The van der Waals surface area contributed by atoms with Gasteiger partial charge in [-0.25, -0.2) is 0 Å². The Morgan fingerprint density at radius 1 is 1.14 bits per heavy atom. The predicted octanol–water partition coefficient (Wildman–Crippen LogP) is 3.10. The molecule has 14 heavy (non-hydrogen) atoms. The fourth-order valence-corrected chi connectivity index (χ4v) is 1.15. The molecule has 0 aliphatic rings. The van der Waals surface area contributed by atoms with Crippen LogP contribution in [0.1, 0.15) is 19.4 Å². The van der Waals surface area contributed by atoms with Gasteiger partial charge in [-0.15, -0.1) is 0 Å². The zero-order chi connectivity index (χ0) is 11.1. The molecule has 0 saturated carbocycles. The Bertz CT molecular complexity index is 269. The topological polar surface area (TPSA) is 12.5 Å². The van der Waals surface area contributed by atoms with Gasteiger partial charge in [0.15, 0.2) is 0 Å². The monoisotopic (exact) mass is 195 g/mol. The highest BCUT2D eigenvalue weighted by Crippen LogP contribution is 2.27. The molecule has 0 aliphatic carbocycles. The molecular weight excluding hydrogens is 174 g/mol. The van der Waals surface area contributed by atoms with E-state index in [2.05, 4.69) is 13.0 Å². The number of hydrogen-bond donors (Lipinski definition) is 0. The van der Waals surface area contributed by atoms with Gasteiger partial charge in [-0.05, 0) is 24.6 Å². The Hall–Kier alpha value is -1.18. The summed E-state index contributed by atoms with van der Waals surface area (Å²) in [5.74, 6) is 0.922. The Morgan fingerprint density at radius 2 is 1.71 bits per heavy atom. The van der Waals surface area contributed by atoms with Crippen molar-refractivity contribution in [2.24, 2.45) is 0 Å². The van der Waals surface area contributed by atoms with Crippen molar-refractivity contribution in [3.05, 3.63) is 23.8 Å². The number of aryl methyl sites for hydroxylation is 1. The summed E-state index contributed by atoms with van der Waals surface area (Å²) in [5, 5.41) is 0. The van der Waals surface area contributed by atoms with E-state index >= 15 is 0 Å². The van der Waals surface area contributed by atoms with Gasteiger partial charge in [-0.3, -0.25) is 0 Å². The molecule has 0 fully saturated rings. The van der Waals surface area contributed by atoms with Crippen LogP contribution in [0.3, 0.4) is 0 Å². The van der Waals surface area contributed by atoms with Crippen LogP contribution in [0.25, 0.3) is 0 Å². The summed E-state index contributed by atoms with van der Waals surface area (Å²) < 4.78 is 5.22. The fourth-order valence-electron chi connectivity index (χ4n) is 1.15. The van der Waals surface area contributed by atoms with Crippen molar-refractivity contribution in [2.75, 3.05) is 26.1 Å². The van der Waals surface area contributed by atoms with E-state index in [1.54, 1.807) is 7.11 Å². The van der Waals surface area contributed by atoms with Crippen molar-refractivity contribution in [1.29, 1.82) is 0 Å². The first-order valence-electron chi connectivity index (χ1n) is 4.97. The first kappa shape index (κ1) is 12.8. The van der Waals surface area contributed by atoms with Gasteiger partial charge in [0.05, 0.1) is 12.8 Å². The first-order valence-corrected chi connectivity index (χ1v) is 4.97. The maximum absolute atomic E-state index is 5.22. The van der Waals surface area contributed by atoms with Crippen LogP contribution >= 0.6 is 0 Å². The number of benzene rings is 1. The number of hydrogen-bond acceptors (Lipinski definition) is 2. The highest BCUT2D eigenvalue weighted by atomic mass is 16.5. The van der Waals surface area contributed by atoms with Crippen molar-refractivity contribution in [3.63, 3.8) is 0 Å². The van der Waals surface area contributed by atoms with Crippen LogP contribution in [-0.4, -0.2) is 21.2 Å². The van der Waals surface area contributed by atoms with Crippen LogP contribution in [0, 0.1) is 6.92 Å². The molecule has 0 heterocycles. The molecule has 1 aromatic rings. The first-order chi connectivity index (χ1) is 6.65. The molecule has 0 saturated heterocycles. The summed E-state index contributed by atoms with van der Waals surface area (Å²) in [5.41, 5.74) is 2.37. The van der Waals surface area contributed by atoms with Crippen LogP contribution < -0.4 is 9.64 Å². The van der Waals surface area contributed by atoms with E-state index < -0.39 is 0 Å². The van der Waals surface area contributed by atoms with Crippen LogP contribution in [0.5, 0.6) is 5.75 Å². The number of nitrogens with zero attached hydrogens (tertiary/aromatic N) is 1. The molecule has 0 N–H and O–H groups in total. The van der Waals surface area contributed by atoms with Gasteiger partial charge < -0.3 is 9.64 Å². The summed E-state index contributed by atoms with van der Waals surface area (Å²) in [4.78, 5) is 2.05. The van der Waals surface area contributed by atoms with Gasteiger partial charge in [0.25, 0.3) is 0 Å². The number of methoxy groups -OCH3 is 1. The normalized spacial score (nSPS) is 8.71. The number of ether oxygens (including phenoxy) is 1. The van der Waals surface area contributed by atoms with E-state index in [4.69, 9.17) is 4.74 Å². The van der Waals surface area contributed by atoms with Gasteiger partial charge >= 0.3 is 0 Å². The van der Waals surface area contributed by atoms with Gasteiger partial charge in [-0.1, -0.05) is 19.9 Å². The molecular formula is C12H21NO. The molecule has 0 unspecified atom stereocenters. The standard InChI is InChI=1S/C10H15NO.C2H6/c1-8-5-6-10(12-4)9(7-8)11(2)3;1-2/h5-7H,1-4H3;1-2H3. The van der Waals surface area contributed by atoms with Crippen LogP contribution in [0.15, 0.2) is 18.2 Å². The Morgan fingerprint density at radius 3 is 2.14 bits per heavy atom. The summed E-state index contributed by atoms with van der Waals surface area (Å²) in [7, 11) is 5.71. The van der Waals surface area contributed by atoms with E-state index in [1.807, 2.05) is 45.0 Å². The van der Waals surface area contributed by atoms with Crippen molar-refractivity contribution in [3.8, 4) is 5.75 Å². The molecule has 2 nitrogen and oxygen atoms in total. The van der Waals surface area contributed by atoms with Crippen molar-refractivity contribution in [1.82, 2.24) is 0 Å². The quantitative estimate of drug-likeness (QED) is 0.719. The predicted molar refractivity (Wildman–Crippen MR) is 63.4 cm³/mol. The highest BCUT2D eigenvalue weighted by molar-refractivity contribution is 5.58. The summed E-state index contributed by atoms with van der Waals surface area (Å²) in [6.45, 7) is 6.08. The minimum absolute atomic E-state index is 0.922. The third kappa shape index (κ3) is 3.29. The average molecular weight is 195 g/mol. The van der Waals surface area contributed by atoms with Gasteiger partial charge in [0.2, 0.25) is 0 Å². The molecule has 0 spiro atoms. The maximum atomic E-state index is 5.22. The summed E-state index contributed by atoms with van der Waals surface area (Å²) in [6.07, 6.45) is 0. The molecule has 0 radical (unpaired) electrons.